The van der Waals surface area contributed by atoms with Crippen LogP contribution in [0.4, 0.5) is 0 Å². The van der Waals surface area contributed by atoms with E-state index in [1.165, 1.54) is 0 Å². The van der Waals surface area contributed by atoms with Gasteiger partial charge in [-0.1, -0.05) is 36.4 Å². The van der Waals surface area contributed by atoms with Crippen LogP contribution in [-0.2, 0) is 17.9 Å². The van der Waals surface area contributed by atoms with E-state index in [0.29, 0.717) is 40.5 Å². The van der Waals surface area contributed by atoms with Crippen molar-refractivity contribution in [2.24, 2.45) is 0 Å². The fourth-order valence-corrected chi connectivity index (χ4v) is 4.35. The maximum absolute atomic E-state index is 13.2. The molecule has 2 heterocycles. The number of carbonyl (C=O) groups excluding carboxylic acids is 2. The molecule has 2 N–H and O–H groups in total. The molecule has 0 unspecified atom stereocenters. The predicted molar refractivity (Wildman–Crippen MR) is 124 cm³/mol. The molecule has 1 aliphatic rings. The minimum atomic E-state index is -1.08. The van der Waals surface area contributed by atoms with Crippen LogP contribution in [0.2, 0.25) is 0 Å². The lowest BCUT2D eigenvalue weighted by Crippen LogP contribution is -2.54. The first-order chi connectivity index (χ1) is 15.3. The van der Waals surface area contributed by atoms with E-state index in [1.54, 1.807) is 43.0 Å². The summed E-state index contributed by atoms with van der Waals surface area (Å²) in [5.41, 5.74) is 2.79. The standard InChI is InChI=1S/C26H23N3O3/c1-26(2,25(32)29-14-17-7-3-4-8-18(17)15-29)28-24(31)16-11-12-20-22(13-16)27-21-10-6-5-9-19(21)23(20)30/h3-13H,14-15H2,1-2H3,(H,27,30)(H,28,31). The third kappa shape index (κ3) is 3.34. The fourth-order valence-electron chi connectivity index (χ4n) is 4.35. The molecular weight excluding hydrogens is 402 g/mol. The molecule has 0 saturated carbocycles. The minimum Gasteiger partial charge on any atom is -0.354 e. The Bertz CT molecular complexity index is 1430. The summed E-state index contributed by atoms with van der Waals surface area (Å²) in [7, 11) is 0. The van der Waals surface area contributed by atoms with Gasteiger partial charge in [0.1, 0.15) is 5.54 Å². The van der Waals surface area contributed by atoms with Gasteiger partial charge in [0.05, 0.1) is 5.52 Å². The molecule has 0 spiro atoms. The van der Waals surface area contributed by atoms with E-state index in [2.05, 4.69) is 10.3 Å². The molecule has 0 radical (unpaired) electrons. The van der Waals surface area contributed by atoms with Crippen LogP contribution in [-0.4, -0.2) is 27.2 Å². The highest BCUT2D eigenvalue weighted by molar-refractivity contribution is 6.02. The number of fused-ring (bicyclic) bond motifs is 3. The van der Waals surface area contributed by atoms with Gasteiger partial charge in [0, 0.05) is 34.9 Å². The second kappa shape index (κ2) is 7.34. The number of aromatic amines is 1. The van der Waals surface area contributed by atoms with E-state index in [-0.39, 0.29) is 17.2 Å². The molecule has 4 aromatic rings. The van der Waals surface area contributed by atoms with E-state index < -0.39 is 5.54 Å². The maximum Gasteiger partial charge on any atom is 0.252 e. The summed E-state index contributed by atoms with van der Waals surface area (Å²) in [4.78, 5) is 43.9. The van der Waals surface area contributed by atoms with Gasteiger partial charge in [-0.25, -0.2) is 0 Å². The second-order valence-electron chi connectivity index (χ2n) is 8.77. The van der Waals surface area contributed by atoms with E-state index in [9.17, 15) is 14.4 Å². The average Bonchev–Trinajstić information content (AvgIpc) is 3.22. The lowest BCUT2D eigenvalue weighted by Gasteiger charge is -2.30. The van der Waals surface area contributed by atoms with Crippen molar-refractivity contribution in [3.8, 4) is 0 Å². The maximum atomic E-state index is 13.2. The van der Waals surface area contributed by atoms with Gasteiger partial charge >= 0.3 is 0 Å². The highest BCUT2D eigenvalue weighted by Crippen LogP contribution is 2.25. The summed E-state index contributed by atoms with van der Waals surface area (Å²) in [6, 6.07) is 20.2. The van der Waals surface area contributed by atoms with Crippen molar-refractivity contribution < 1.29 is 9.59 Å². The first-order valence-corrected chi connectivity index (χ1v) is 10.6. The third-order valence-electron chi connectivity index (χ3n) is 6.06. The third-order valence-corrected chi connectivity index (χ3v) is 6.06. The summed E-state index contributed by atoms with van der Waals surface area (Å²) in [6.45, 7) is 4.51. The van der Waals surface area contributed by atoms with Crippen LogP contribution in [0.1, 0.15) is 35.3 Å². The molecule has 1 aromatic heterocycles. The first-order valence-electron chi connectivity index (χ1n) is 10.6. The molecule has 0 saturated heterocycles. The van der Waals surface area contributed by atoms with Crippen molar-refractivity contribution in [3.63, 3.8) is 0 Å². The van der Waals surface area contributed by atoms with Crippen LogP contribution in [0, 0.1) is 0 Å². The largest absolute Gasteiger partial charge is 0.354 e. The molecule has 6 nitrogen and oxygen atoms in total. The van der Waals surface area contributed by atoms with Gasteiger partial charge in [-0.2, -0.15) is 0 Å². The van der Waals surface area contributed by atoms with Gasteiger partial charge < -0.3 is 15.2 Å². The molecular formula is C26H23N3O3. The normalized spacial score (nSPS) is 13.4. The van der Waals surface area contributed by atoms with Crippen molar-refractivity contribution in [1.29, 1.82) is 0 Å². The molecule has 5 rings (SSSR count). The SMILES string of the molecule is CC(C)(NC(=O)c1ccc2c(=O)c3ccccc3[nH]c2c1)C(=O)N1Cc2ccccc2C1. The molecule has 1 aliphatic heterocycles. The molecule has 0 atom stereocenters. The number of nitrogens with zero attached hydrogens (tertiary/aromatic N) is 1. The topological polar surface area (TPSA) is 82.3 Å². The Morgan fingerprint density at radius 2 is 1.50 bits per heavy atom. The minimum absolute atomic E-state index is 0.0783. The summed E-state index contributed by atoms with van der Waals surface area (Å²) in [5, 5.41) is 4.00. The number of carbonyl (C=O) groups is 2. The number of nitrogens with one attached hydrogen (secondary N) is 2. The molecule has 2 amide bonds. The molecule has 0 fully saturated rings. The number of rotatable bonds is 3. The number of aromatic nitrogens is 1. The average molecular weight is 425 g/mol. The summed E-state index contributed by atoms with van der Waals surface area (Å²) in [5.74, 6) is -0.502. The first kappa shape index (κ1) is 20.0. The van der Waals surface area contributed by atoms with Gasteiger partial charge in [-0.15, -0.1) is 0 Å². The Hall–Kier alpha value is -3.93. The molecule has 32 heavy (non-hydrogen) atoms. The van der Waals surface area contributed by atoms with Crippen molar-refractivity contribution >= 4 is 33.6 Å². The van der Waals surface area contributed by atoms with E-state index in [0.717, 1.165) is 11.1 Å². The van der Waals surface area contributed by atoms with Crippen LogP contribution < -0.4 is 10.7 Å². The van der Waals surface area contributed by atoms with Gasteiger partial charge in [-0.3, -0.25) is 14.4 Å². The van der Waals surface area contributed by atoms with Crippen LogP contribution in [0.3, 0.4) is 0 Å². The monoisotopic (exact) mass is 425 g/mol. The fraction of sp³-hybridized carbons (Fsp3) is 0.192. The summed E-state index contributed by atoms with van der Waals surface area (Å²) < 4.78 is 0. The van der Waals surface area contributed by atoms with Crippen molar-refractivity contribution in [3.05, 3.63) is 93.6 Å². The zero-order valence-corrected chi connectivity index (χ0v) is 17.9. The van der Waals surface area contributed by atoms with E-state index in [1.807, 2.05) is 42.5 Å². The number of benzene rings is 3. The van der Waals surface area contributed by atoms with Crippen molar-refractivity contribution in [2.75, 3.05) is 0 Å². The molecule has 6 heteroatoms. The Labute approximate surface area is 184 Å². The zero-order chi connectivity index (χ0) is 22.5. The zero-order valence-electron chi connectivity index (χ0n) is 17.9. The highest BCUT2D eigenvalue weighted by Gasteiger charge is 2.36. The van der Waals surface area contributed by atoms with Gasteiger partial charge in [0.15, 0.2) is 5.43 Å². The number of hydrogen-bond donors (Lipinski definition) is 2. The lowest BCUT2D eigenvalue weighted by molar-refractivity contribution is -0.137. The smallest absolute Gasteiger partial charge is 0.252 e. The van der Waals surface area contributed by atoms with Crippen molar-refractivity contribution in [1.82, 2.24) is 15.2 Å². The van der Waals surface area contributed by atoms with E-state index in [4.69, 9.17) is 0 Å². The summed E-state index contributed by atoms with van der Waals surface area (Å²) >= 11 is 0. The Balaban J connectivity index is 1.39. The number of para-hydroxylation sites is 1. The number of H-pyrrole nitrogens is 1. The Morgan fingerprint density at radius 1 is 0.875 bits per heavy atom. The number of pyridine rings is 1. The number of amides is 2. The van der Waals surface area contributed by atoms with Crippen LogP contribution in [0.15, 0.2) is 71.5 Å². The quantitative estimate of drug-likeness (QED) is 0.491. The Morgan fingerprint density at radius 3 is 2.22 bits per heavy atom. The van der Waals surface area contributed by atoms with Crippen LogP contribution in [0.5, 0.6) is 0 Å². The van der Waals surface area contributed by atoms with E-state index >= 15 is 0 Å². The van der Waals surface area contributed by atoms with Crippen LogP contribution in [0.25, 0.3) is 21.8 Å². The summed E-state index contributed by atoms with van der Waals surface area (Å²) in [6.07, 6.45) is 0. The molecule has 3 aromatic carbocycles. The Kier molecular flexibility index (Phi) is 4.59. The van der Waals surface area contributed by atoms with Crippen LogP contribution >= 0.6 is 0 Å². The molecule has 160 valence electrons. The highest BCUT2D eigenvalue weighted by atomic mass is 16.2. The van der Waals surface area contributed by atoms with Crippen molar-refractivity contribution in [2.45, 2.75) is 32.5 Å². The number of hydrogen-bond acceptors (Lipinski definition) is 3. The predicted octanol–water partition coefficient (Wildman–Crippen LogP) is 3.73. The second-order valence-corrected chi connectivity index (χ2v) is 8.77. The molecule has 0 bridgehead atoms. The molecule has 0 aliphatic carbocycles. The lowest BCUT2D eigenvalue weighted by atomic mass is 10.0. The van der Waals surface area contributed by atoms with Gasteiger partial charge in [0.2, 0.25) is 5.91 Å². The van der Waals surface area contributed by atoms with Gasteiger partial charge in [-0.05, 0) is 55.3 Å². The van der Waals surface area contributed by atoms with Gasteiger partial charge in [0.25, 0.3) is 5.91 Å².